The number of nitrogens with zero attached hydrogens (tertiary/aromatic N) is 2. The molecule has 72 valence electrons. The number of hydrogen-bond donors (Lipinski definition) is 1. The van der Waals surface area contributed by atoms with Gasteiger partial charge in [-0.3, -0.25) is 0 Å². The fourth-order valence-electron chi connectivity index (χ4n) is 0.771. The number of aromatic nitrogens is 2. The molecule has 0 aliphatic rings. The highest BCUT2D eigenvalue weighted by Crippen LogP contribution is 2.11. The van der Waals surface area contributed by atoms with Crippen molar-refractivity contribution in [2.75, 3.05) is 25.6 Å². The van der Waals surface area contributed by atoms with E-state index in [-0.39, 0.29) is 0 Å². The van der Waals surface area contributed by atoms with Crippen molar-refractivity contribution in [2.45, 2.75) is 6.92 Å². The van der Waals surface area contributed by atoms with Crippen LogP contribution in [0.4, 0.5) is 5.95 Å². The van der Waals surface area contributed by atoms with Crippen molar-refractivity contribution in [3.05, 3.63) is 16.9 Å². The minimum absolute atomic E-state index is 0.481. The third-order valence-corrected chi connectivity index (χ3v) is 1.88. The summed E-state index contributed by atoms with van der Waals surface area (Å²) in [5, 5.41) is 3.46. The van der Waals surface area contributed by atoms with Crippen molar-refractivity contribution in [1.29, 1.82) is 0 Å². The molecule has 0 aromatic carbocycles. The minimum atomic E-state index is 0.481. The monoisotopic (exact) mass is 201 g/mol. The van der Waals surface area contributed by atoms with Gasteiger partial charge in [-0.05, 0) is 6.92 Å². The van der Waals surface area contributed by atoms with Crippen LogP contribution in [0, 0.1) is 6.92 Å². The Labute approximate surface area is 82.3 Å². The first-order chi connectivity index (χ1) is 6.24. The Morgan fingerprint density at radius 3 is 3.00 bits per heavy atom. The van der Waals surface area contributed by atoms with Gasteiger partial charge in [0.15, 0.2) is 0 Å². The molecular formula is C8H12ClN3O. The standard InChI is InChI=1S/C8H12ClN3O/c1-6-5-11-8(12-7(6)9)10-3-4-13-2/h5H,3-4H2,1-2H3,(H,10,11,12). The van der Waals surface area contributed by atoms with E-state index in [9.17, 15) is 0 Å². The first-order valence-corrected chi connectivity index (χ1v) is 4.34. The number of halogens is 1. The molecule has 0 aliphatic heterocycles. The quantitative estimate of drug-likeness (QED) is 0.593. The van der Waals surface area contributed by atoms with Crippen LogP contribution in [0.1, 0.15) is 5.56 Å². The van der Waals surface area contributed by atoms with Gasteiger partial charge in [-0.2, -0.15) is 0 Å². The maximum atomic E-state index is 5.80. The summed E-state index contributed by atoms with van der Waals surface area (Å²) in [5.41, 5.74) is 0.874. The predicted octanol–water partition coefficient (Wildman–Crippen LogP) is 1.50. The highest BCUT2D eigenvalue weighted by Gasteiger charge is 1.99. The van der Waals surface area contributed by atoms with Gasteiger partial charge in [-0.15, -0.1) is 0 Å². The summed E-state index contributed by atoms with van der Waals surface area (Å²) in [4.78, 5) is 8.08. The van der Waals surface area contributed by atoms with Crippen molar-refractivity contribution < 1.29 is 4.74 Å². The van der Waals surface area contributed by atoms with Crippen molar-refractivity contribution in [2.24, 2.45) is 0 Å². The Bertz CT molecular complexity index is 280. The van der Waals surface area contributed by atoms with E-state index in [4.69, 9.17) is 16.3 Å². The van der Waals surface area contributed by atoms with Crippen molar-refractivity contribution >= 4 is 17.5 Å². The smallest absolute Gasteiger partial charge is 0.224 e. The third-order valence-electron chi connectivity index (χ3n) is 1.50. The molecule has 5 heteroatoms. The Hall–Kier alpha value is -0.870. The molecule has 0 radical (unpaired) electrons. The van der Waals surface area contributed by atoms with E-state index in [1.165, 1.54) is 0 Å². The van der Waals surface area contributed by atoms with Crippen LogP contribution in [0.25, 0.3) is 0 Å². The van der Waals surface area contributed by atoms with Crippen LogP contribution in [-0.2, 0) is 4.74 Å². The van der Waals surface area contributed by atoms with E-state index in [1.807, 2.05) is 6.92 Å². The van der Waals surface area contributed by atoms with Gasteiger partial charge in [0.25, 0.3) is 0 Å². The van der Waals surface area contributed by atoms with Gasteiger partial charge < -0.3 is 10.1 Å². The lowest BCUT2D eigenvalue weighted by atomic mass is 10.4. The predicted molar refractivity (Wildman–Crippen MR) is 52.1 cm³/mol. The van der Waals surface area contributed by atoms with Gasteiger partial charge >= 0.3 is 0 Å². The molecule has 1 rings (SSSR count). The van der Waals surface area contributed by atoms with E-state index < -0.39 is 0 Å². The second kappa shape index (κ2) is 4.99. The molecule has 1 heterocycles. The van der Waals surface area contributed by atoms with E-state index in [0.717, 1.165) is 5.56 Å². The Morgan fingerprint density at radius 1 is 1.62 bits per heavy atom. The number of methoxy groups -OCH3 is 1. The summed E-state index contributed by atoms with van der Waals surface area (Å²) in [7, 11) is 1.64. The molecule has 13 heavy (non-hydrogen) atoms. The van der Waals surface area contributed by atoms with Gasteiger partial charge in [0.05, 0.1) is 6.61 Å². The summed E-state index contributed by atoms with van der Waals surface area (Å²) in [6.07, 6.45) is 1.68. The van der Waals surface area contributed by atoms with Gasteiger partial charge in [0.2, 0.25) is 5.95 Å². The molecule has 0 unspecified atom stereocenters. The summed E-state index contributed by atoms with van der Waals surface area (Å²) >= 11 is 5.80. The number of rotatable bonds is 4. The molecular weight excluding hydrogens is 190 g/mol. The molecule has 0 saturated heterocycles. The highest BCUT2D eigenvalue weighted by molar-refractivity contribution is 6.30. The fourth-order valence-corrected chi connectivity index (χ4v) is 0.900. The van der Waals surface area contributed by atoms with Gasteiger partial charge in [-0.25, -0.2) is 9.97 Å². The van der Waals surface area contributed by atoms with Crippen molar-refractivity contribution in [1.82, 2.24) is 9.97 Å². The SMILES string of the molecule is COCCNc1ncc(C)c(Cl)n1. The number of anilines is 1. The van der Waals surface area contributed by atoms with Crippen molar-refractivity contribution in [3.8, 4) is 0 Å². The lowest BCUT2D eigenvalue weighted by molar-refractivity contribution is 0.210. The molecule has 0 saturated carbocycles. The zero-order valence-electron chi connectivity index (χ0n) is 7.67. The molecule has 0 atom stereocenters. The van der Waals surface area contributed by atoms with Crippen LogP contribution in [-0.4, -0.2) is 30.2 Å². The van der Waals surface area contributed by atoms with E-state index in [1.54, 1.807) is 13.3 Å². The first-order valence-electron chi connectivity index (χ1n) is 3.96. The number of hydrogen-bond acceptors (Lipinski definition) is 4. The van der Waals surface area contributed by atoms with Crippen LogP contribution in [0.5, 0.6) is 0 Å². The van der Waals surface area contributed by atoms with Gasteiger partial charge in [0.1, 0.15) is 5.15 Å². The molecule has 0 aliphatic carbocycles. The second-order valence-corrected chi connectivity index (χ2v) is 2.95. The largest absolute Gasteiger partial charge is 0.383 e. The van der Waals surface area contributed by atoms with Crippen LogP contribution in [0.3, 0.4) is 0 Å². The second-order valence-electron chi connectivity index (χ2n) is 2.59. The number of aryl methyl sites for hydroxylation is 1. The van der Waals surface area contributed by atoms with Crippen molar-refractivity contribution in [3.63, 3.8) is 0 Å². The molecule has 0 bridgehead atoms. The lowest BCUT2D eigenvalue weighted by Gasteiger charge is -2.04. The molecule has 0 spiro atoms. The summed E-state index contributed by atoms with van der Waals surface area (Å²) in [6, 6.07) is 0. The Morgan fingerprint density at radius 2 is 2.38 bits per heavy atom. The zero-order chi connectivity index (χ0) is 9.68. The summed E-state index contributed by atoms with van der Waals surface area (Å²) in [6.45, 7) is 3.16. The fraction of sp³-hybridized carbons (Fsp3) is 0.500. The Balaban J connectivity index is 2.53. The molecule has 0 amide bonds. The number of ether oxygens (including phenoxy) is 1. The molecule has 4 nitrogen and oxygen atoms in total. The average molecular weight is 202 g/mol. The lowest BCUT2D eigenvalue weighted by Crippen LogP contribution is -2.10. The maximum absolute atomic E-state index is 5.80. The highest BCUT2D eigenvalue weighted by atomic mass is 35.5. The zero-order valence-corrected chi connectivity index (χ0v) is 8.43. The topological polar surface area (TPSA) is 47.0 Å². The van der Waals surface area contributed by atoms with Gasteiger partial charge in [0, 0.05) is 25.4 Å². The molecule has 0 fully saturated rings. The molecule has 1 N–H and O–H groups in total. The molecule has 1 aromatic rings. The first kappa shape index (κ1) is 10.2. The van der Waals surface area contributed by atoms with E-state index >= 15 is 0 Å². The minimum Gasteiger partial charge on any atom is -0.383 e. The number of nitrogens with one attached hydrogen (secondary N) is 1. The third kappa shape index (κ3) is 3.16. The van der Waals surface area contributed by atoms with Gasteiger partial charge in [-0.1, -0.05) is 11.6 Å². The molecule has 1 aromatic heterocycles. The summed E-state index contributed by atoms with van der Waals surface area (Å²) < 4.78 is 4.87. The van der Waals surface area contributed by atoms with E-state index in [2.05, 4.69) is 15.3 Å². The van der Waals surface area contributed by atoms with Crippen LogP contribution in [0.15, 0.2) is 6.20 Å². The summed E-state index contributed by atoms with van der Waals surface area (Å²) in [5.74, 6) is 0.535. The maximum Gasteiger partial charge on any atom is 0.224 e. The van der Waals surface area contributed by atoms with Crippen LogP contribution < -0.4 is 5.32 Å². The van der Waals surface area contributed by atoms with Crippen LogP contribution >= 0.6 is 11.6 Å². The Kier molecular flexibility index (Phi) is 3.92. The van der Waals surface area contributed by atoms with Crippen LogP contribution in [0.2, 0.25) is 5.15 Å². The normalized spacial score (nSPS) is 10.1. The van der Waals surface area contributed by atoms with E-state index in [0.29, 0.717) is 24.3 Å². The average Bonchev–Trinajstić information content (AvgIpc) is 2.12.